The quantitative estimate of drug-likeness (QED) is 0.174. The van der Waals surface area contributed by atoms with Crippen LogP contribution in [0.2, 0.25) is 0 Å². The van der Waals surface area contributed by atoms with Gasteiger partial charge in [0.2, 0.25) is 0 Å². The highest BCUT2D eigenvalue weighted by Crippen LogP contribution is 2.52. The Morgan fingerprint density at radius 3 is 1.41 bits per heavy atom. The Morgan fingerprint density at radius 1 is 0.490 bits per heavy atom. The first-order valence-electron chi connectivity index (χ1n) is 17.8. The molecule has 51 heavy (non-hydrogen) atoms. The number of benzene rings is 6. The van der Waals surface area contributed by atoms with Crippen molar-refractivity contribution in [2.24, 2.45) is 0 Å². The molecular weight excluding hydrogens is 621 g/mol. The van der Waals surface area contributed by atoms with Crippen molar-refractivity contribution in [3.8, 4) is 22.5 Å². The van der Waals surface area contributed by atoms with Crippen LogP contribution in [-0.4, -0.2) is 15.7 Å². The number of allylic oxidation sites excluding steroid dienone is 7. The first kappa shape index (κ1) is 29.6. The number of aromatic nitrogens is 2. The highest BCUT2D eigenvalue weighted by molar-refractivity contribution is 6.10. The molecule has 0 radical (unpaired) electrons. The zero-order chi connectivity index (χ0) is 33.9. The van der Waals surface area contributed by atoms with Crippen LogP contribution in [0.15, 0.2) is 182 Å². The third kappa shape index (κ3) is 4.58. The van der Waals surface area contributed by atoms with Crippen molar-refractivity contribution in [2.45, 2.75) is 18.8 Å². The van der Waals surface area contributed by atoms with Crippen molar-refractivity contribution in [3.63, 3.8) is 0 Å². The van der Waals surface area contributed by atoms with E-state index < -0.39 is 0 Å². The van der Waals surface area contributed by atoms with Gasteiger partial charge >= 0.3 is 0 Å². The maximum Gasteiger partial charge on any atom is 0.119 e. The summed E-state index contributed by atoms with van der Waals surface area (Å²) >= 11 is 0. The maximum absolute atomic E-state index is 6.49. The predicted octanol–water partition coefficient (Wildman–Crippen LogP) is 12.1. The summed E-state index contributed by atoms with van der Waals surface area (Å²) < 4.78 is 11.3. The number of fused-ring (bicyclic) bond motifs is 9. The van der Waals surface area contributed by atoms with Crippen LogP contribution in [0.5, 0.6) is 0 Å². The molecule has 3 nitrogen and oxygen atoms in total. The van der Waals surface area contributed by atoms with Crippen LogP contribution in [-0.2, 0) is 10.2 Å². The van der Waals surface area contributed by atoms with E-state index in [0.29, 0.717) is 6.61 Å². The van der Waals surface area contributed by atoms with Crippen molar-refractivity contribution < 1.29 is 4.74 Å². The molecule has 244 valence electrons. The first-order valence-corrected chi connectivity index (χ1v) is 17.8. The fraction of sp³-hybridized carbons (Fsp3) is 0.0833. The molecule has 2 aliphatic rings. The molecule has 0 saturated carbocycles. The summed E-state index contributed by atoms with van der Waals surface area (Å²) in [6.45, 7) is 3.00. The molecular formula is C48H36N2O. The van der Waals surface area contributed by atoms with Gasteiger partial charge in [0.25, 0.3) is 0 Å². The number of para-hydroxylation sites is 4. The fourth-order valence-electron chi connectivity index (χ4n) is 8.56. The topological polar surface area (TPSA) is 19.1 Å². The van der Waals surface area contributed by atoms with Gasteiger partial charge in [0.15, 0.2) is 0 Å². The minimum Gasteiger partial charge on any atom is -0.494 e. The van der Waals surface area contributed by atoms with Crippen molar-refractivity contribution in [1.82, 2.24) is 9.13 Å². The Morgan fingerprint density at radius 2 is 0.922 bits per heavy atom. The van der Waals surface area contributed by atoms with Crippen LogP contribution in [0.25, 0.3) is 66.1 Å². The molecule has 0 aliphatic heterocycles. The standard InChI is InChI=1S/C48H36N2O/c1-48(29-30-51-35-15-5-3-2-4-6-16-35)42-31-33(49-44-21-11-7-17-38(44)39-18-8-12-22-45(39)49)25-27-36(42)37-28-26-34(32-43(37)48)50-46-23-13-9-19-40(46)41-20-10-14-24-47(41)50/h2-28,31-32H,29-30H2,1H3/b3-2-,4-2?,5-3?,6-4-,15-5-,16-6?,35-15?,35-16+. The van der Waals surface area contributed by atoms with Gasteiger partial charge in [-0.15, -0.1) is 0 Å². The molecule has 0 amide bonds. The lowest BCUT2D eigenvalue weighted by Gasteiger charge is -2.28. The Bertz CT molecular complexity index is 2530. The highest BCUT2D eigenvalue weighted by Gasteiger charge is 2.40. The molecule has 6 aromatic carbocycles. The van der Waals surface area contributed by atoms with Gasteiger partial charge < -0.3 is 13.9 Å². The Kier molecular flexibility index (Phi) is 6.75. The van der Waals surface area contributed by atoms with Crippen LogP contribution in [0.4, 0.5) is 0 Å². The predicted molar refractivity (Wildman–Crippen MR) is 213 cm³/mol. The van der Waals surface area contributed by atoms with Gasteiger partial charge in [-0.2, -0.15) is 0 Å². The van der Waals surface area contributed by atoms with Crippen LogP contribution in [0.1, 0.15) is 24.5 Å². The van der Waals surface area contributed by atoms with E-state index >= 15 is 0 Å². The monoisotopic (exact) mass is 656 g/mol. The normalized spacial score (nSPS) is 17.5. The number of rotatable bonds is 6. The zero-order valence-electron chi connectivity index (χ0n) is 28.5. The van der Waals surface area contributed by atoms with E-state index in [0.717, 1.165) is 12.2 Å². The third-order valence-corrected chi connectivity index (χ3v) is 11.0. The van der Waals surface area contributed by atoms with Crippen molar-refractivity contribution in [1.29, 1.82) is 0 Å². The molecule has 0 atom stereocenters. The van der Waals surface area contributed by atoms with E-state index in [1.54, 1.807) is 0 Å². The summed E-state index contributed by atoms with van der Waals surface area (Å²) in [4.78, 5) is 0. The molecule has 10 rings (SSSR count). The van der Waals surface area contributed by atoms with Crippen LogP contribution < -0.4 is 0 Å². The van der Waals surface area contributed by atoms with Gasteiger partial charge in [-0.3, -0.25) is 0 Å². The van der Waals surface area contributed by atoms with Crippen molar-refractivity contribution in [2.75, 3.05) is 6.61 Å². The molecule has 0 N–H and O–H groups in total. The first-order chi connectivity index (χ1) is 25.2. The summed E-state index contributed by atoms with van der Waals surface area (Å²) in [6.07, 6.45) is 15.1. The van der Waals surface area contributed by atoms with Gasteiger partial charge in [0.1, 0.15) is 5.76 Å². The Hall–Kier alpha value is -6.32. The molecule has 3 heteroatoms. The second kappa shape index (κ2) is 11.6. The van der Waals surface area contributed by atoms with Gasteiger partial charge in [-0.1, -0.05) is 122 Å². The van der Waals surface area contributed by atoms with E-state index in [9.17, 15) is 0 Å². The molecule has 0 saturated heterocycles. The average molecular weight is 657 g/mol. The van der Waals surface area contributed by atoms with Crippen LogP contribution >= 0.6 is 0 Å². The maximum atomic E-state index is 6.49. The second-order valence-electron chi connectivity index (χ2n) is 13.8. The van der Waals surface area contributed by atoms with Gasteiger partial charge in [-0.25, -0.2) is 0 Å². The number of nitrogens with zero attached hydrogens (tertiary/aromatic N) is 2. The summed E-state index contributed by atoms with van der Waals surface area (Å²) in [6, 6.07) is 49.2. The van der Waals surface area contributed by atoms with Crippen molar-refractivity contribution >= 4 is 43.6 Å². The van der Waals surface area contributed by atoms with E-state index in [2.05, 4.69) is 150 Å². The van der Waals surface area contributed by atoms with E-state index in [4.69, 9.17) is 4.74 Å². The molecule has 2 aliphatic carbocycles. The minimum atomic E-state index is -0.296. The minimum absolute atomic E-state index is 0.296. The highest BCUT2D eigenvalue weighted by atomic mass is 16.5. The summed E-state index contributed by atoms with van der Waals surface area (Å²) in [5.74, 6) is 0.871. The molecule has 0 fully saturated rings. The van der Waals surface area contributed by atoms with E-state index in [-0.39, 0.29) is 5.41 Å². The zero-order valence-corrected chi connectivity index (χ0v) is 28.5. The second-order valence-corrected chi connectivity index (χ2v) is 13.8. The summed E-state index contributed by atoms with van der Waals surface area (Å²) in [5.41, 5.74) is 12.2. The van der Waals surface area contributed by atoms with Gasteiger partial charge in [0.05, 0.1) is 28.7 Å². The molecule has 0 unspecified atom stereocenters. The molecule has 8 aromatic rings. The number of hydrogen-bond donors (Lipinski definition) is 0. The van der Waals surface area contributed by atoms with Crippen molar-refractivity contribution in [3.05, 3.63) is 193 Å². The largest absolute Gasteiger partial charge is 0.494 e. The lowest BCUT2D eigenvalue weighted by molar-refractivity contribution is 0.202. The van der Waals surface area contributed by atoms with E-state index in [1.165, 1.54) is 77.2 Å². The molecule has 0 bridgehead atoms. The van der Waals surface area contributed by atoms with Gasteiger partial charge in [-0.05, 0) is 89.4 Å². The van der Waals surface area contributed by atoms with Crippen LogP contribution in [0, 0.1) is 0 Å². The molecule has 2 heterocycles. The molecule has 0 spiro atoms. The lowest BCUT2D eigenvalue weighted by atomic mass is 9.77. The van der Waals surface area contributed by atoms with E-state index in [1.807, 2.05) is 42.5 Å². The summed E-state index contributed by atoms with van der Waals surface area (Å²) in [5, 5.41) is 5.09. The average Bonchev–Trinajstić information content (AvgIpc) is 3.76. The third-order valence-electron chi connectivity index (χ3n) is 11.0. The number of ether oxygens (including phenoxy) is 1. The summed E-state index contributed by atoms with van der Waals surface area (Å²) in [7, 11) is 0. The fourth-order valence-corrected chi connectivity index (χ4v) is 8.56. The smallest absolute Gasteiger partial charge is 0.119 e. The number of hydrogen-bond acceptors (Lipinski definition) is 1. The lowest BCUT2D eigenvalue weighted by Crippen LogP contribution is -2.23. The van der Waals surface area contributed by atoms with Crippen LogP contribution in [0.3, 0.4) is 0 Å². The Balaban J connectivity index is 1.14. The SMILES string of the molecule is CC1(CCOC2=C/C=C\C=C/C=C\2)c2cc(-n3c4ccccc4c4ccccc43)ccc2-c2ccc(-n3c4ccccc4c4ccccc43)cc21. The van der Waals surface area contributed by atoms with Gasteiger partial charge in [0, 0.05) is 38.3 Å². The molecule has 2 aromatic heterocycles. The Labute approximate surface area is 297 Å².